The summed E-state index contributed by atoms with van der Waals surface area (Å²) in [5.41, 5.74) is 2.30. The molecular weight excluding hydrogens is 346 g/mol. The smallest absolute Gasteiger partial charge is 0.312 e. The van der Waals surface area contributed by atoms with E-state index in [0.717, 1.165) is 18.4 Å². The van der Waals surface area contributed by atoms with Crippen molar-refractivity contribution in [3.8, 4) is 5.75 Å². The number of piperazine rings is 1. The SMILES string of the molecule is Cc1ccc(OCC(=O)N2CCN(C(=O)C(=O)N3CCCC3)CC2)cc1C. The normalized spacial score (nSPS) is 17.2. The highest BCUT2D eigenvalue weighted by atomic mass is 16.5. The lowest BCUT2D eigenvalue weighted by atomic mass is 10.1. The van der Waals surface area contributed by atoms with Gasteiger partial charge in [-0.05, 0) is 49.9 Å². The molecule has 146 valence electrons. The largest absolute Gasteiger partial charge is 0.484 e. The molecule has 7 heteroatoms. The van der Waals surface area contributed by atoms with Crippen LogP contribution in [0.15, 0.2) is 18.2 Å². The van der Waals surface area contributed by atoms with Crippen LogP contribution in [0.25, 0.3) is 0 Å². The molecule has 3 amide bonds. The number of hydrogen-bond donors (Lipinski definition) is 0. The molecule has 3 rings (SSSR count). The highest BCUT2D eigenvalue weighted by Crippen LogP contribution is 2.16. The molecule has 2 aliphatic heterocycles. The molecule has 0 radical (unpaired) electrons. The molecule has 2 fully saturated rings. The van der Waals surface area contributed by atoms with E-state index < -0.39 is 11.8 Å². The first-order chi connectivity index (χ1) is 13.0. The van der Waals surface area contributed by atoms with Crippen molar-refractivity contribution < 1.29 is 19.1 Å². The molecule has 7 nitrogen and oxygen atoms in total. The van der Waals surface area contributed by atoms with Crippen LogP contribution < -0.4 is 4.74 Å². The summed E-state index contributed by atoms with van der Waals surface area (Å²) in [7, 11) is 0. The van der Waals surface area contributed by atoms with Crippen molar-refractivity contribution >= 4 is 17.7 Å². The fourth-order valence-electron chi connectivity index (χ4n) is 3.39. The van der Waals surface area contributed by atoms with Crippen LogP contribution in [0.2, 0.25) is 0 Å². The second kappa shape index (κ2) is 8.41. The molecule has 0 N–H and O–H groups in total. The molecule has 0 saturated carbocycles. The Morgan fingerprint density at radius 3 is 1.96 bits per heavy atom. The van der Waals surface area contributed by atoms with Crippen molar-refractivity contribution in [3.05, 3.63) is 29.3 Å². The predicted octanol–water partition coefficient (Wildman–Crippen LogP) is 0.975. The van der Waals surface area contributed by atoms with Gasteiger partial charge >= 0.3 is 11.8 Å². The quantitative estimate of drug-likeness (QED) is 0.741. The molecule has 1 aromatic rings. The monoisotopic (exact) mass is 373 g/mol. The van der Waals surface area contributed by atoms with Crippen LogP contribution in [-0.2, 0) is 14.4 Å². The van der Waals surface area contributed by atoms with Crippen molar-refractivity contribution in [2.75, 3.05) is 45.9 Å². The number of benzene rings is 1. The maximum atomic E-state index is 12.4. The Bertz CT molecular complexity index is 720. The summed E-state index contributed by atoms with van der Waals surface area (Å²) in [6.07, 6.45) is 1.92. The molecule has 0 aliphatic carbocycles. The minimum atomic E-state index is -0.449. The lowest BCUT2D eigenvalue weighted by Crippen LogP contribution is -2.54. The van der Waals surface area contributed by atoms with Crippen LogP contribution in [0.1, 0.15) is 24.0 Å². The Morgan fingerprint density at radius 1 is 0.815 bits per heavy atom. The third-order valence-electron chi connectivity index (χ3n) is 5.34. The van der Waals surface area contributed by atoms with Crippen LogP contribution in [0.4, 0.5) is 0 Å². The van der Waals surface area contributed by atoms with Gasteiger partial charge in [0.05, 0.1) is 0 Å². The zero-order valence-corrected chi connectivity index (χ0v) is 16.1. The van der Waals surface area contributed by atoms with E-state index in [2.05, 4.69) is 0 Å². The van der Waals surface area contributed by atoms with Gasteiger partial charge in [-0.1, -0.05) is 6.07 Å². The number of rotatable bonds is 3. The molecule has 0 atom stereocenters. The Labute approximate surface area is 159 Å². The van der Waals surface area contributed by atoms with Gasteiger partial charge in [-0.25, -0.2) is 0 Å². The Morgan fingerprint density at radius 2 is 1.37 bits per heavy atom. The van der Waals surface area contributed by atoms with Gasteiger partial charge in [0.2, 0.25) is 0 Å². The summed E-state index contributed by atoms with van der Waals surface area (Å²) in [4.78, 5) is 41.8. The number of likely N-dealkylation sites (tertiary alicyclic amines) is 1. The van der Waals surface area contributed by atoms with Gasteiger partial charge in [-0.15, -0.1) is 0 Å². The maximum absolute atomic E-state index is 12.4. The first-order valence-electron chi connectivity index (χ1n) is 9.51. The van der Waals surface area contributed by atoms with Gasteiger partial charge < -0.3 is 19.4 Å². The van der Waals surface area contributed by atoms with E-state index in [1.54, 1.807) is 14.7 Å². The van der Waals surface area contributed by atoms with E-state index in [0.29, 0.717) is 45.0 Å². The number of carbonyl (C=O) groups is 3. The molecule has 2 saturated heterocycles. The van der Waals surface area contributed by atoms with Crippen LogP contribution in [0.5, 0.6) is 5.75 Å². The highest BCUT2D eigenvalue weighted by molar-refractivity contribution is 6.35. The number of aryl methyl sites for hydroxylation is 2. The van der Waals surface area contributed by atoms with Crippen LogP contribution >= 0.6 is 0 Å². The number of carbonyl (C=O) groups excluding carboxylic acids is 3. The minimum Gasteiger partial charge on any atom is -0.484 e. The molecule has 0 aromatic heterocycles. The molecular formula is C20H27N3O4. The lowest BCUT2D eigenvalue weighted by molar-refractivity contribution is -0.153. The molecule has 0 bridgehead atoms. The highest BCUT2D eigenvalue weighted by Gasteiger charge is 2.31. The second-order valence-corrected chi connectivity index (χ2v) is 7.21. The fraction of sp³-hybridized carbons (Fsp3) is 0.550. The van der Waals surface area contributed by atoms with Crippen LogP contribution in [0, 0.1) is 13.8 Å². The third kappa shape index (κ3) is 4.59. The summed E-state index contributed by atoms with van der Waals surface area (Å²) >= 11 is 0. The summed E-state index contributed by atoms with van der Waals surface area (Å²) in [5, 5.41) is 0. The minimum absolute atomic E-state index is 0.0246. The Hall–Kier alpha value is -2.57. The maximum Gasteiger partial charge on any atom is 0.312 e. The summed E-state index contributed by atoms with van der Waals surface area (Å²) in [6, 6.07) is 5.75. The van der Waals surface area contributed by atoms with Crippen molar-refractivity contribution in [1.29, 1.82) is 0 Å². The Kier molecular flexibility index (Phi) is 5.98. The second-order valence-electron chi connectivity index (χ2n) is 7.21. The van der Waals surface area contributed by atoms with E-state index in [-0.39, 0.29) is 12.5 Å². The first-order valence-corrected chi connectivity index (χ1v) is 9.51. The van der Waals surface area contributed by atoms with Gasteiger partial charge in [-0.2, -0.15) is 0 Å². The third-order valence-corrected chi connectivity index (χ3v) is 5.34. The fourth-order valence-corrected chi connectivity index (χ4v) is 3.39. The number of hydrogen-bond acceptors (Lipinski definition) is 4. The Balaban J connectivity index is 1.45. The zero-order chi connectivity index (χ0) is 19.4. The predicted molar refractivity (Wildman–Crippen MR) is 100 cm³/mol. The van der Waals surface area contributed by atoms with E-state index in [4.69, 9.17) is 4.74 Å². The molecule has 0 spiro atoms. The van der Waals surface area contributed by atoms with E-state index >= 15 is 0 Å². The van der Waals surface area contributed by atoms with Crippen molar-refractivity contribution in [2.24, 2.45) is 0 Å². The number of ether oxygens (including phenoxy) is 1. The van der Waals surface area contributed by atoms with Crippen molar-refractivity contribution in [3.63, 3.8) is 0 Å². The molecule has 0 unspecified atom stereocenters. The van der Waals surface area contributed by atoms with Crippen molar-refractivity contribution in [1.82, 2.24) is 14.7 Å². The van der Waals surface area contributed by atoms with Gasteiger partial charge in [0.1, 0.15) is 5.75 Å². The molecule has 27 heavy (non-hydrogen) atoms. The molecule has 2 heterocycles. The van der Waals surface area contributed by atoms with Gasteiger partial charge in [0.15, 0.2) is 6.61 Å². The molecule has 1 aromatic carbocycles. The number of nitrogens with zero attached hydrogens (tertiary/aromatic N) is 3. The average molecular weight is 373 g/mol. The summed E-state index contributed by atoms with van der Waals surface area (Å²) in [5.74, 6) is -0.289. The van der Waals surface area contributed by atoms with E-state index in [1.807, 2.05) is 32.0 Å². The summed E-state index contributed by atoms with van der Waals surface area (Å²) in [6.45, 7) is 6.95. The van der Waals surface area contributed by atoms with Crippen LogP contribution in [-0.4, -0.2) is 78.3 Å². The number of amides is 3. The van der Waals surface area contributed by atoms with Crippen molar-refractivity contribution in [2.45, 2.75) is 26.7 Å². The standard InChI is InChI=1S/C20H27N3O4/c1-15-5-6-17(13-16(15)2)27-14-18(24)21-9-11-23(12-10-21)20(26)19(25)22-7-3-4-8-22/h5-6,13H,3-4,7-12,14H2,1-2H3. The topological polar surface area (TPSA) is 70.2 Å². The molecule has 2 aliphatic rings. The first kappa shape index (κ1) is 19.2. The average Bonchev–Trinajstić information content (AvgIpc) is 3.22. The van der Waals surface area contributed by atoms with E-state index in [9.17, 15) is 14.4 Å². The summed E-state index contributed by atoms with van der Waals surface area (Å²) < 4.78 is 5.60. The van der Waals surface area contributed by atoms with E-state index in [1.165, 1.54) is 5.56 Å². The zero-order valence-electron chi connectivity index (χ0n) is 16.1. The van der Waals surface area contributed by atoms with Crippen LogP contribution in [0.3, 0.4) is 0 Å². The van der Waals surface area contributed by atoms with Gasteiger partial charge in [-0.3, -0.25) is 14.4 Å². The van der Waals surface area contributed by atoms with Gasteiger partial charge in [0, 0.05) is 39.3 Å². The van der Waals surface area contributed by atoms with Gasteiger partial charge in [0.25, 0.3) is 5.91 Å². The lowest BCUT2D eigenvalue weighted by Gasteiger charge is -2.34.